The van der Waals surface area contributed by atoms with Crippen molar-refractivity contribution in [1.82, 2.24) is 10.2 Å². The van der Waals surface area contributed by atoms with E-state index >= 15 is 0 Å². The second-order valence-corrected chi connectivity index (χ2v) is 9.77. The monoisotopic (exact) mass is 443 g/mol. The first-order valence-electron chi connectivity index (χ1n) is 12.5. The zero-order chi connectivity index (χ0) is 22.7. The van der Waals surface area contributed by atoms with Gasteiger partial charge in [-0.2, -0.15) is 0 Å². The van der Waals surface area contributed by atoms with Gasteiger partial charge >= 0.3 is 0 Å². The summed E-state index contributed by atoms with van der Waals surface area (Å²) in [7, 11) is 0. The van der Waals surface area contributed by atoms with Crippen LogP contribution < -0.4 is 10.1 Å². The zero-order valence-corrected chi connectivity index (χ0v) is 19.3. The minimum Gasteiger partial charge on any atom is -0.494 e. The van der Waals surface area contributed by atoms with Gasteiger partial charge in [-0.25, -0.2) is 4.85 Å². The Morgan fingerprint density at radius 2 is 1.70 bits per heavy atom. The van der Waals surface area contributed by atoms with E-state index in [1.165, 1.54) is 31.2 Å². The summed E-state index contributed by atoms with van der Waals surface area (Å²) in [4.78, 5) is 18.9. The molecule has 1 N–H and O–H groups in total. The molecule has 2 aromatic carbocycles. The summed E-state index contributed by atoms with van der Waals surface area (Å²) in [6.07, 6.45) is 8.26. The Morgan fingerprint density at radius 3 is 2.42 bits per heavy atom. The standard InChI is InChI=1S/C28H33N3O2/c1-29-23-11-13-24(14-12-23)33-20-6-17-31-18-15-22(16-19-31)28(21-7-2-3-8-21)26-10-5-4-9-25(26)27(32)30-28/h4-5,9-14,21-22H,2-3,6-8,15-20H2,(H,30,32). The first-order chi connectivity index (χ1) is 16.2. The van der Waals surface area contributed by atoms with E-state index in [-0.39, 0.29) is 11.4 Å². The second-order valence-electron chi connectivity index (χ2n) is 9.77. The second kappa shape index (κ2) is 9.57. The molecule has 2 fully saturated rings. The zero-order valence-electron chi connectivity index (χ0n) is 19.3. The molecule has 5 rings (SSSR count). The number of carbonyl (C=O) groups is 1. The average molecular weight is 444 g/mol. The molecule has 5 heteroatoms. The molecule has 1 saturated carbocycles. The van der Waals surface area contributed by atoms with Crippen molar-refractivity contribution in [3.05, 3.63) is 71.1 Å². The Bertz CT molecular complexity index is 1010. The Balaban J connectivity index is 1.18. The van der Waals surface area contributed by atoms with E-state index in [1.807, 2.05) is 24.3 Å². The van der Waals surface area contributed by atoms with Gasteiger partial charge in [-0.05, 0) is 80.8 Å². The molecule has 172 valence electrons. The van der Waals surface area contributed by atoms with Crippen LogP contribution in [0.5, 0.6) is 5.75 Å². The molecular formula is C28H33N3O2. The maximum Gasteiger partial charge on any atom is 0.252 e. The van der Waals surface area contributed by atoms with Gasteiger partial charge in [0.2, 0.25) is 0 Å². The molecule has 1 amide bonds. The van der Waals surface area contributed by atoms with E-state index in [2.05, 4.69) is 27.2 Å². The fourth-order valence-electron chi connectivity index (χ4n) is 6.43. The number of likely N-dealkylation sites (tertiary alicyclic amines) is 1. The van der Waals surface area contributed by atoms with Gasteiger partial charge < -0.3 is 15.0 Å². The Hall–Kier alpha value is -2.84. The van der Waals surface area contributed by atoms with Crippen LogP contribution in [0.1, 0.15) is 60.9 Å². The van der Waals surface area contributed by atoms with E-state index < -0.39 is 0 Å². The molecule has 1 saturated heterocycles. The van der Waals surface area contributed by atoms with Crippen molar-refractivity contribution < 1.29 is 9.53 Å². The molecule has 0 spiro atoms. The van der Waals surface area contributed by atoms with Crippen molar-refractivity contribution in [3.8, 4) is 5.75 Å². The largest absolute Gasteiger partial charge is 0.494 e. The van der Waals surface area contributed by atoms with E-state index in [4.69, 9.17) is 11.3 Å². The van der Waals surface area contributed by atoms with Gasteiger partial charge in [-0.1, -0.05) is 43.2 Å². The van der Waals surface area contributed by atoms with Crippen LogP contribution in [-0.2, 0) is 5.54 Å². The number of amides is 1. The molecule has 0 bridgehead atoms. The van der Waals surface area contributed by atoms with Crippen LogP contribution in [0.4, 0.5) is 5.69 Å². The number of rotatable bonds is 7. The molecular weight excluding hydrogens is 410 g/mol. The van der Waals surface area contributed by atoms with Crippen LogP contribution >= 0.6 is 0 Å². The average Bonchev–Trinajstić information content (AvgIpc) is 3.50. The van der Waals surface area contributed by atoms with E-state index in [0.29, 0.717) is 24.1 Å². The Morgan fingerprint density at radius 1 is 1.00 bits per heavy atom. The molecule has 33 heavy (non-hydrogen) atoms. The number of piperidine rings is 1. The summed E-state index contributed by atoms with van der Waals surface area (Å²) in [6.45, 7) is 10.9. The van der Waals surface area contributed by atoms with E-state index in [0.717, 1.165) is 50.2 Å². The van der Waals surface area contributed by atoms with Crippen LogP contribution in [0.25, 0.3) is 4.85 Å². The fourth-order valence-corrected chi connectivity index (χ4v) is 6.43. The summed E-state index contributed by atoms with van der Waals surface area (Å²) < 4.78 is 5.86. The first kappa shape index (κ1) is 22.0. The summed E-state index contributed by atoms with van der Waals surface area (Å²) in [5.74, 6) is 2.02. The molecule has 2 heterocycles. The van der Waals surface area contributed by atoms with Gasteiger partial charge in [0.15, 0.2) is 5.69 Å². The van der Waals surface area contributed by atoms with Crippen LogP contribution in [0, 0.1) is 18.4 Å². The third-order valence-electron chi connectivity index (χ3n) is 8.02. The number of nitrogens with one attached hydrogen (secondary N) is 1. The molecule has 1 aliphatic carbocycles. The third kappa shape index (κ3) is 4.25. The van der Waals surface area contributed by atoms with Crippen molar-refractivity contribution in [2.75, 3.05) is 26.2 Å². The van der Waals surface area contributed by atoms with Gasteiger partial charge in [0, 0.05) is 12.1 Å². The molecule has 5 nitrogen and oxygen atoms in total. The Kier molecular flexibility index (Phi) is 6.37. The molecule has 2 aliphatic heterocycles. The number of hydrogen-bond acceptors (Lipinski definition) is 3. The van der Waals surface area contributed by atoms with E-state index in [1.54, 1.807) is 12.1 Å². The summed E-state index contributed by atoms with van der Waals surface area (Å²) in [5.41, 5.74) is 2.63. The maximum atomic E-state index is 12.9. The molecule has 1 unspecified atom stereocenters. The number of carbonyl (C=O) groups excluding carboxylic acids is 1. The molecule has 2 aromatic rings. The van der Waals surface area contributed by atoms with Crippen molar-refractivity contribution in [2.45, 2.75) is 50.5 Å². The highest BCUT2D eigenvalue weighted by Crippen LogP contribution is 2.51. The predicted molar refractivity (Wildman–Crippen MR) is 130 cm³/mol. The summed E-state index contributed by atoms with van der Waals surface area (Å²) >= 11 is 0. The minimum atomic E-state index is -0.170. The van der Waals surface area contributed by atoms with Gasteiger partial charge in [-0.15, -0.1) is 0 Å². The van der Waals surface area contributed by atoms with Crippen molar-refractivity contribution in [1.29, 1.82) is 0 Å². The highest BCUT2D eigenvalue weighted by atomic mass is 16.5. The van der Waals surface area contributed by atoms with Crippen LogP contribution in [0.15, 0.2) is 48.5 Å². The smallest absolute Gasteiger partial charge is 0.252 e. The lowest BCUT2D eigenvalue weighted by molar-refractivity contribution is 0.0576. The van der Waals surface area contributed by atoms with Crippen molar-refractivity contribution in [3.63, 3.8) is 0 Å². The first-order valence-corrected chi connectivity index (χ1v) is 12.5. The number of hydrogen-bond donors (Lipinski definition) is 1. The molecule has 0 aromatic heterocycles. The number of fused-ring (bicyclic) bond motifs is 1. The van der Waals surface area contributed by atoms with Crippen LogP contribution in [-0.4, -0.2) is 37.0 Å². The summed E-state index contributed by atoms with van der Waals surface area (Å²) in [5, 5.41) is 3.54. The quantitative estimate of drug-likeness (QED) is 0.451. The fraction of sp³-hybridized carbons (Fsp3) is 0.500. The van der Waals surface area contributed by atoms with Crippen LogP contribution in [0.2, 0.25) is 0 Å². The maximum absolute atomic E-state index is 12.9. The number of ether oxygens (including phenoxy) is 1. The van der Waals surface area contributed by atoms with Crippen LogP contribution in [0.3, 0.4) is 0 Å². The van der Waals surface area contributed by atoms with Crippen molar-refractivity contribution >= 4 is 11.6 Å². The lowest BCUT2D eigenvalue weighted by Crippen LogP contribution is -2.54. The predicted octanol–water partition coefficient (Wildman–Crippen LogP) is 5.55. The van der Waals surface area contributed by atoms with Crippen molar-refractivity contribution in [2.24, 2.45) is 11.8 Å². The molecule has 0 radical (unpaired) electrons. The highest BCUT2D eigenvalue weighted by molar-refractivity contribution is 6.00. The van der Waals surface area contributed by atoms with Gasteiger partial charge in [0.1, 0.15) is 5.75 Å². The topological polar surface area (TPSA) is 45.9 Å². The molecule has 3 aliphatic rings. The lowest BCUT2D eigenvalue weighted by atomic mass is 9.66. The SMILES string of the molecule is [C-]#[N+]c1ccc(OCCCN2CCC(C3(C4CCCC4)NC(=O)c4ccccc43)CC2)cc1. The summed E-state index contributed by atoms with van der Waals surface area (Å²) in [6, 6.07) is 15.6. The third-order valence-corrected chi connectivity index (χ3v) is 8.02. The van der Waals surface area contributed by atoms with E-state index in [9.17, 15) is 4.79 Å². The Labute approximate surface area is 196 Å². The molecule has 1 atom stereocenters. The van der Waals surface area contributed by atoms with Gasteiger partial charge in [-0.3, -0.25) is 4.79 Å². The highest BCUT2D eigenvalue weighted by Gasteiger charge is 2.53. The van der Waals surface area contributed by atoms with Gasteiger partial charge in [0.05, 0.1) is 18.7 Å². The lowest BCUT2D eigenvalue weighted by Gasteiger charge is -2.47. The van der Waals surface area contributed by atoms with Gasteiger partial charge in [0.25, 0.3) is 5.91 Å². The number of benzene rings is 2. The number of nitrogens with zero attached hydrogens (tertiary/aromatic N) is 2. The normalized spacial score (nSPS) is 23.8. The minimum absolute atomic E-state index is 0.126.